The monoisotopic (exact) mass is 458 g/mol. The Balaban J connectivity index is 1.54. The van der Waals surface area contributed by atoms with E-state index >= 15 is 0 Å². The van der Waals surface area contributed by atoms with Crippen molar-refractivity contribution < 1.29 is 13.9 Å². The van der Waals surface area contributed by atoms with Gasteiger partial charge in [-0.15, -0.1) is 0 Å². The fourth-order valence-electron chi connectivity index (χ4n) is 3.76. The summed E-state index contributed by atoms with van der Waals surface area (Å²) in [6.07, 6.45) is 2.73. The summed E-state index contributed by atoms with van der Waals surface area (Å²) in [5, 5.41) is 4.59. The van der Waals surface area contributed by atoms with Crippen LogP contribution in [0.5, 0.6) is 5.75 Å². The highest BCUT2D eigenvalue weighted by Gasteiger charge is 2.13. The summed E-state index contributed by atoms with van der Waals surface area (Å²) in [7, 11) is 3.42. The Bertz CT molecular complexity index is 1310. The molecule has 0 aliphatic rings. The average Bonchev–Trinajstić information content (AvgIpc) is 3.24. The highest BCUT2D eigenvalue weighted by molar-refractivity contribution is 5.86. The number of benzene rings is 2. The Kier molecular flexibility index (Phi) is 6.82. The largest absolute Gasteiger partial charge is 0.484 e. The molecule has 1 atom stereocenters. The first kappa shape index (κ1) is 23.3. The summed E-state index contributed by atoms with van der Waals surface area (Å²) in [6.45, 7) is 6.08. The summed E-state index contributed by atoms with van der Waals surface area (Å²) < 4.78 is 11.3. The van der Waals surface area contributed by atoms with Crippen LogP contribution < -0.4 is 10.1 Å². The Labute approximate surface area is 199 Å². The fraction of sp³-hybridized carbons (Fsp3) is 0.296. The lowest BCUT2D eigenvalue weighted by Crippen LogP contribution is -2.27. The molecule has 2 aromatic heterocycles. The third kappa shape index (κ3) is 5.20. The third-order valence-electron chi connectivity index (χ3n) is 5.75. The van der Waals surface area contributed by atoms with Gasteiger partial charge in [-0.05, 0) is 61.7 Å². The molecule has 176 valence electrons. The second kappa shape index (κ2) is 9.95. The number of carbonyl (C=O) groups excluding carboxylic acids is 1. The summed E-state index contributed by atoms with van der Waals surface area (Å²) in [6, 6.07) is 15.8. The molecule has 0 aliphatic heterocycles. The van der Waals surface area contributed by atoms with Crippen molar-refractivity contribution in [2.75, 3.05) is 26.0 Å². The summed E-state index contributed by atoms with van der Waals surface area (Å²) >= 11 is 0. The molecule has 0 saturated heterocycles. The number of hydrogen-bond donors (Lipinski definition) is 1. The smallest absolute Gasteiger partial charge is 0.259 e. The molecule has 7 heteroatoms. The van der Waals surface area contributed by atoms with Gasteiger partial charge in [0, 0.05) is 31.1 Å². The normalized spacial score (nSPS) is 11.9. The number of furan rings is 1. The van der Waals surface area contributed by atoms with E-state index in [2.05, 4.69) is 35.2 Å². The molecule has 4 rings (SSSR count). The number of nitrogens with zero attached hydrogens (tertiary/aromatic N) is 3. The number of fused-ring (bicyclic) bond motifs is 1. The number of likely N-dealkylation sites (N-methyl/N-ethyl adjacent to an activating group) is 1. The number of ether oxygens (including phenoxy) is 1. The quantitative estimate of drug-likeness (QED) is 0.381. The molecule has 0 aliphatic carbocycles. The lowest BCUT2D eigenvalue weighted by atomic mass is 10.1. The maximum Gasteiger partial charge on any atom is 0.259 e. The van der Waals surface area contributed by atoms with Gasteiger partial charge < -0.3 is 19.4 Å². The van der Waals surface area contributed by atoms with E-state index in [1.165, 1.54) is 10.5 Å². The van der Waals surface area contributed by atoms with Crippen LogP contribution in [0, 0.1) is 6.92 Å². The van der Waals surface area contributed by atoms with E-state index in [-0.39, 0.29) is 18.6 Å². The average molecular weight is 459 g/mol. The summed E-state index contributed by atoms with van der Waals surface area (Å²) in [5.74, 6) is 2.00. The van der Waals surface area contributed by atoms with Crippen molar-refractivity contribution in [3.63, 3.8) is 0 Å². The second-order valence-corrected chi connectivity index (χ2v) is 8.53. The van der Waals surface area contributed by atoms with E-state index in [0.717, 1.165) is 40.0 Å². The number of hydrogen-bond acceptors (Lipinski definition) is 6. The van der Waals surface area contributed by atoms with Crippen LogP contribution in [0.15, 0.2) is 59.2 Å². The number of rotatable bonds is 8. The highest BCUT2D eigenvalue weighted by atomic mass is 16.5. The van der Waals surface area contributed by atoms with Crippen LogP contribution in [0.3, 0.4) is 0 Å². The minimum absolute atomic E-state index is 0.00742. The predicted octanol–water partition coefficient (Wildman–Crippen LogP) is 5.40. The van der Waals surface area contributed by atoms with Gasteiger partial charge >= 0.3 is 0 Å². The SMILES string of the molecule is CCc1coc2ccc(-c3cc(NC(C)c4cccc(OCC(=O)N(C)C)c4)nc(C)n3)cc12. The number of aryl methyl sites for hydroxylation is 2. The van der Waals surface area contributed by atoms with Gasteiger partial charge in [-0.3, -0.25) is 4.79 Å². The Morgan fingerprint density at radius 1 is 1.15 bits per heavy atom. The molecule has 0 radical (unpaired) electrons. The summed E-state index contributed by atoms with van der Waals surface area (Å²) in [4.78, 5) is 22.6. The molecule has 0 saturated carbocycles. The van der Waals surface area contributed by atoms with Crippen LogP contribution in [0.4, 0.5) is 5.82 Å². The van der Waals surface area contributed by atoms with Gasteiger partial charge in [-0.2, -0.15) is 0 Å². The molecular weight excluding hydrogens is 428 g/mol. The van der Waals surface area contributed by atoms with Gasteiger partial charge in [0.15, 0.2) is 6.61 Å². The topological polar surface area (TPSA) is 80.5 Å². The van der Waals surface area contributed by atoms with Crippen molar-refractivity contribution in [3.8, 4) is 17.0 Å². The van der Waals surface area contributed by atoms with Crippen molar-refractivity contribution in [2.45, 2.75) is 33.2 Å². The minimum atomic E-state index is -0.0831. The number of nitrogens with one attached hydrogen (secondary N) is 1. The van der Waals surface area contributed by atoms with Gasteiger partial charge in [0.05, 0.1) is 18.0 Å². The van der Waals surface area contributed by atoms with E-state index in [1.54, 1.807) is 14.1 Å². The first-order valence-electron chi connectivity index (χ1n) is 11.4. The Morgan fingerprint density at radius 2 is 1.97 bits per heavy atom. The molecule has 1 amide bonds. The van der Waals surface area contributed by atoms with E-state index in [9.17, 15) is 4.79 Å². The van der Waals surface area contributed by atoms with Gasteiger partial charge in [0.1, 0.15) is 23.0 Å². The number of anilines is 1. The van der Waals surface area contributed by atoms with Crippen LogP contribution >= 0.6 is 0 Å². The third-order valence-corrected chi connectivity index (χ3v) is 5.75. The second-order valence-electron chi connectivity index (χ2n) is 8.53. The number of amides is 1. The van der Waals surface area contributed by atoms with E-state index in [0.29, 0.717) is 11.6 Å². The molecule has 34 heavy (non-hydrogen) atoms. The van der Waals surface area contributed by atoms with Crippen LogP contribution in [-0.4, -0.2) is 41.5 Å². The summed E-state index contributed by atoms with van der Waals surface area (Å²) in [5.41, 5.74) is 4.97. The molecule has 0 spiro atoms. The highest BCUT2D eigenvalue weighted by Crippen LogP contribution is 2.29. The fourth-order valence-corrected chi connectivity index (χ4v) is 3.76. The maximum atomic E-state index is 11.8. The molecule has 2 heterocycles. The lowest BCUT2D eigenvalue weighted by Gasteiger charge is -2.17. The van der Waals surface area contributed by atoms with Gasteiger partial charge in [-0.25, -0.2) is 9.97 Å². The zero-order valence-electron chi connectivity index (χ0n) is 20.3. The number of carbonyl (C=O) groups is 1. The van der Waals surface area contributed by atoms with Crippen LogP contribution in [-0.2, 0) is 11.2 Å². The van der Waals surface area contributed by atoms with Crippen molar-refractivity contribution in [2.24, 2.45) is 0 Å². The lowest BCUT2D eigenvalue weighted by molar-refractivity contribution is -0.130. The Morgan fingerprint density at radius 3 is 2.74 bits per heavy atom. The molecule has 7 nitrogen and oxygen atoms in total. The van der Waals surface area contributed by atoms with Crippen molar-refractivity contribution in [3.05, 3.63) is 71.7 Å². The predicted molar refractivity (Wildman–Crippen MR) is 134 cm³/mol. The van der Waals surface area contributed by atoms with Crippen molar-refractivity contribution >= 4 is 22.7 Å². The van der Waals surface area contributed by atoms with Crippen LogP contribution in [0.2, 0.25) is 0 Å². The van der Waals surface area contributed by atoms with Crippen LogP contribution in [0.25, 0.3) is 22.2 Å². The molecule has 0 fully saturated rings. The first-order valence-corrected chi connectivity index (χ1v) is 11.4. The molecule has 1 unspecified atom stereocenters. The van der Waals surface area contributed by atoms with Crippen molar-refractivity contribution in [1.82, 2.24) is 14.9 Å². The molecule has 4 aromatic rings. The maximum absolute atomic E-state index is 11.8. The van der Waals surface area contributed by atoms with Gasteiger partial charge in [-0.1, -0.05) is 19.1 Å². The molecule has 0 bridgehead atoms. The molecule has 1 N–H and O–H groups in total. The van der Waals surface area contributed by atoms with Gasteiger partial charge in [0.25, 0.3) is 5.91 Å². The van der Waals surface area contributed by atoms with Crippen LogP contribution in [0.1, 0.15) is 36.8 Å². The standard InChI is InChI=1S/C27H30N4O3/c1-6-19-15-34-25-11-10-21(13-23(19)25)24-14-26(30-18(3)29-24)28-17(2)20-8-7-9-22(12-20)33-16-27(32)31(4)5/h7-15,17H,6,16H2,1-5H3,(H,28,29,30). The molecule has 2 aromatic carbocycles. The first-order chi connectivity index (χ1) is 16.3. The Hall–Kier alpha value is -3.87. The van der Waals surface area contributed by atoms with Gasteiger partial charge in [0.2, 0.25) is 0 Å². The number of aromatic nitrogens is 2. The van der Waals surface area contributed by atoms with E-state index in [4.69, 9.17) is 9.15 Å². The minimum Gasteiger partial charge on any atom is -0.484 e. The zero-order valence-corrected chi connectivity index (χ0v) is 20.3. The van der Waals surface area contributed by atoms with Crippen molar-refractivity contribution in [1.29, 1.82) is 0 Å². The van der Waals surface area contributed by atoms with E-state index in [1.807, 2.05) is 55.7 Å². The zero-order chi connectivity index (χ0) is 24.2. The van der Waals surface area contributed by atoms with E-state index < -0.39 is 0 Å². The molecular formula is C27H30N4O3.